The van der Waals surface area contributed by atoms with Crippen LogP contribution in [0.4, 0.5) is 5.69 Å². The second-order valence-corrected chi connectivity index (χ2v) is 8.10. The minimum atomic E-state index is -1.06. The highest BCUT2D eigenvalue weighted by Crippen LogP contribution is 2.35. The highest BCUT2D eigenvalue weighted by atomic mass is 79.9. The molecule has 0 atom stereocenters. The van der Waals surface area contributed by atoms with Crippen LogP contribution in [0.15, 0.2) is 76.0 Å². The molecule has 2 heterocycles. The maximum atomic E-state index is 13.4. The van der Waals surface area contributed by atoms with E-state index in [9.17, 15) is 19.5 Å². The van der Waals surface area contributed by atoms with E-state index in [2.05, 4.69) is 26.2 Å². The predicted molar refractivity (Wildman–Crippen MR) is 125 cm³/mol. The molecule has 0 unspecified atom stereocenters. The first-order valence-corrected chi connectivity index (χ1v) is 10.4. The number of para-hydroxylation sites is 1. The third kappa shape index (κ3) is 3.30. The van der Waals surface area contributed by atoms with Crippen molar-refractivity contribution in [3.8, 4) is 5.69 Å². The number of rotatable bonds is 3. The normalized spacial score (nSPS) is 13.9. The van der Waals surface area contributed by atoms with Crippen molar-refractivity contribution in [1.82, 2.24) is 9.55 Å². The second kappa shape index (κ2) is 7.58. The first-order valence-electron chi connectivity index (χ1n) is 9.61. The average Bonchev–Trinajstić information content (AvgIpc) is 3.08. The summed E-state index contributed by atoms with van der Waals surface area (Å²) in [5.41, 5.74) is 2.46. The number of halogens is 1. The van der Waals surface area contributed by atoms with Crippen molar-refractivity contribution in [2.24, 2.45) is 0 Å². The summed E-state index contributed by atoms with van der Waals surface area (Å²) in [6.45, 7) is 0. The fourth-order valence-corrected chi connectivity index (χ4v) is 4.04. The Balaban J connectivity index is 1.78. The molecule has 0 spiro atoms. The molecule has 3 aromatic carbocycles. The SMILES string of the molecule is O=C1Nc2ccc(Br)cc2/C1=C/c1nc2ccccc2c(=O)n1-c1ccc(C(=O)O)cc1. The fraction of sp³-hybridized carbons (Fsp3) is 0. The number of anilines is 1. The van der Waals surface area contributed by atoms with Crippen molar-refractivity contribution >= 4 is 56.0 Å². The highest BCUT2D eigenvalue weighted by molar-refractivity contribution is 9.10. The summed E-state index contributed by atoms with van der Waals surface area (Å²) in [7, 11) is 0. The van der Waals surface area contributed by atoms with Gasteiger partial charge in [0.25, 0.3) is 11.5 Å². The van der Waals surface area contributed by atoms with Gasteiger partial charge in [-0.3, -0.25) is 14.2 Å². The zero-order chi connectivity index (χ0) is 22.4. The van der Waals surface area contributed by atoms with Crippen LogP contribution in [0.5, 0.6) is 0 Å². The Morgan fingerprint density at radius 3 is 2.53 bits per heavy atom. The molecule has 8 heteroatoms. The van der Waals surface area contributed by atoms with Crippen molar-refractivity contribution in [3.05, 3.63) is 98.5 Å². The lowest BCUT2D eigenvalue weighted by atomic mass is 10.1. The van der Waals surface area contributed by atoms with Gasteiger partial charge in [0.15, 0.2) is 0 Å². The van der Waals surface area contributed by atoms with E-state index in [0.717, 1.165) is 4.47 Å². The van der Waals surface area contributed by atoms with E-state index in [-0.39, 0.29) is 22.9 Å². The van der Waals surface area contributed by atoms with Crippen LogP contribution in [0.2, 0.25) is 0 Å². The van der Waals surface area contributed by atoms with E-state index in [1.807, 2.05) is 12.1 Å². The molecule has 0 saturated carbocycles. The Morgan fingerprint density at radius 2 is 1.78 bits per heavy atom. The smallest absolute Gasteiger partial charge is 0.335 e. The molecule has 0 saturated heterocycles. The summed E-state index contributed by atoms with van der Waals surface area (Å²) in [6, 6.07) is 18.3. The molecule has 0 radical (unpaired) electrons. The van der Waals surface area contributed by atoms with Crippen LogP contribution in [-0.4, -0.2) is 26.5 Å². The van der Waals surface area contributed by atoms with Gasteiger partial charge in [-0.2, -0.15) is 0 Å². The largest absolute Gasteiger partial charge is 0.478 e. The molecule has 2 N–H and O–H groups in total. The molecule has 1 aromatic heterocycles. The van der Waals surface area contributed by atoms with E-state index >= 15 is 0 Å². The minimum Gasteiger partial charge on any atom is -0.478 e. The van der Waals surface area contributed by atoms with Gasteiger partial charge >= 0.3 is 5.97 Å². The van der Waals surface area contributed by atoms with Crippen molar-refractivity contribution in [1.29, 1.82) is 0 Å². The average molecular weight is 488 g/mol. The number of hydrogen-bond acceptors (Lipinski definition) is 4. The standard InChI is InChI=1S/C24H14BrN3O4/c25-14-7-10-20-17(11-14)18(22(29)27-20)12-21-26-19-4-2-1-3-16(19)23(30)28(21)15-8-5-13(6-9-15)24(31)32/h1-12H,(H,27,29)(H,31,32)/b18-12-. The zero-order valence-electron chi connectivity index (χ0n) is 16.4. The molecule has 1 amide bonds. The topological polar surface area (TPSA) is 101 Å². The molecule has 4 aromatic rings. The number of aromatic nitrogens is 2. The molecule has 0 fully saturated rings. The lowest BCUT2D eigenvalue weighted by Crippen LogP contribution is -2.22. The summed E-state index contributed by atoms with van der Waals surface area (Å²) in [6.07, 6.45) is 1.58. The summed E-state index contributed by atoms with van der Waals surface area (Å²) in [4.78, 5) is 42.0. The number of fused-ring (bicyclic) bond motifs is 2. The number of carboxylic acids is 1. The Hall–Kier alpha value is -4.04. The number of benzene rings is 3. The highest BCUT2D eigenvalue weighted by Gasteiger charge is 2.25. The molecule has 0 aliphatic carbocycles. The van der Waals surface area contributed by atoms with Gasteiger partial charge in [-0.1, -0.05) is 28.1 Å². The van der Waals surface area contributed by atoms with Gasteiger partial charge in [-0.05, 0) is 60.7 Å². The first kappa shape index (κ1) is 19.9. The summed E-state index contributed by atoms with van der Waals surface area (Å²) >= 11 is 3.43. The number of amides is 1. The van der Waals surface area contributed by atoms with Gasteiger partial charge in [0, 0.05) is 15.7 Å². The molecular formula is C24H14BrN3O4. The Bertz CT molecular complexity index is 1520. The van der Waals surface area contributed by atoms with Crippen LogP contribution in [0.25, 0.3) is 28.2 Å². The molecule has 156 valence electrons. The molecule has 7 nitrogen and oxygen atoms in total. The van der Waals surface area contributed by atoms with Gasteiger partial charge in [0.2, 0.25) is 0 Å². The van der Waals surface area contributed by atoms with Gasteiger partial charge in [-0.15, -0.1) is 0 Å². The van der Waals surface area contributed by atoms with Gasteiger partial charge < -0.3 is 10.4 Å². The zero-order valence-corrected chi connectivity index (χ0v) is 18.0. The second-order valence-electron chi connectivity index (χ2n) is 7.18. The maximum absolute atomic E-state index is 13.4. The fourth-order valence-electron chi connectivity index (χ4n) is 3.68. The lowest BCUT2D eigenvalue weighted by Gasteiger charge is -2.12. The van der Waals surface area contributed by atoms with E-state index < -0.39 is 5.97 Å². The van der Waals surface area contributed by atoms with Gasteiger partial charge in [0.05, 0.1) is 27.7 Å². The number of carbonyl (C=O) groups is 2. The van der Waals surface area contributed by atoms with Crippen molar-refractivity contribution in [3.63, 3.8) is 0 Å². The maximum Gasteiger partial charge on any atom is 0.335 e. The van der Waals surface area contributed by atoms with Crippen LogP contribution in [0, 0.1) is 0 Å². The predicted octanol–water partition coefficient (Wildman–Crippen LogP) is 4.34. The van der Waals surface area contributed by atoms with Crippen LogP contribution in [0.3, 0.4) is 0 Å². The molecule has 0 bridgehead atoms. The molecule has 5 rings (SSSR count). The number of carbonyl (C=O) groups excluding carboxylic acids is 1. The summed E-state index contributed by atoms with van der Waals surface area (Å²) in [5.74, 6) is -1.10. The molecular weight excluding hydrogens is 474 g/mol. The number of nitrogens with one attached hydrogen (secondary N) is 1. The van der Waals surface area contributed by atoms with E-state index in [1.165, 1.54) is 16.7 Å². The lowest BCUT2D eigenvalue weighted by molar-refractivity contribution is -0.110. The quantitative estimate of drug-likeness (QED) is 0.418. The Kier molecular flexibility index (Phi) is 4.71. The third-order valence-electron chi connectivity index (χ3n) is 5.21. The van der Waals surface area contributed by atoms with Gasteiger partial charge in [0.1, 0.15) is 5.82 Å². The summed E-state index contributed by atoms with van der Waals surface area (Å²) in [5, 5.41) is 12.4. The Labute approximate surface area is 189 Å². The first-order chi connectivity index (χ1) is 15.4. The summed E-state index contributed by atoms with van der Waals surface area (Å²) < 4.78 is 2.19. The van der Waals surface area contributed by atoms with E-state index in [4.69, 9.17) is 0 Å². The number of carboxylic acid groups (broad SMARTS) is 1. The third-order valence-corrected chi connectivity index (χ3v) is 5.71. The molecule has 1 aliphatic rings. The number of hydrogen-bond donors (Lipinski definition) is 2. The number of aromatic carboxylic acids is 1. The van der Waals surface area contributed by atoms with Gasteiger partial charge in [-0.25, -0.2) is 9.78 Å². The van der Waals surface area contributed by atoms with E-state index in [1.54, 1.807) is 48.5 Å². The minimum absolute atomic E-state index is 0.101. The van der Waals surface area contributed by atoms with Crippen molar-refractivity contribution in [2.75, 3.05) is 5.32 Å². The van der Waals surface area contributed by atoms with Crippen molar-refractivity contribution < 1.29 is 14.7 Å². The van der Waals surface area contributed by atoms with Crippen LogP contribution >= 0.6 is 15.9 Å². The van der Waals surface area contributed by atoms with Crippen LogP contribution < -0.4 is 10.9 Å². The number of nitrogens with zero attached hydrogens (tertiary/aromatic N) is 2. The Morgan fingerprint density at radius 1 is 1.03 bits per heavy atom. The monoisotopic (exact) mass is 487 g/mol. The van der Waals surface area contributed by atoms with Crippen LogP contribution in [-0.2, 0) is 4.79 Å². The van der Waals surface area contributed by atoms with Crippen LogP contribution in [0.1, 0.15) is 21.7 Å². The van der Waals surface area contributed by atoms with Crippen molar-refractivity contribution in [2.45, 2.75) is 0 Å². The van der Waals surface area contributed by atoms with E-state index in [0.29, 0.717) is 33.4 Å². The molecule has 1 aliphatic heterocycles. The molecule has 32 heavy (non-hydrogen) atoms.